The van der Waals surface area contributed by atoms with Crippen LogP contribution in [0.3, 0.4) is 0 Å². The number of nitrogens with zero attached hydrogens (tertiary/aromatic N) is 3. The second-order valence-corrected chi connectivity index (χ2v) is 6.44. The molecule has 0 saturated carbocycles. The van der Waals surface area contributed by atoms with E-state index in [0.29, 0.717) is 35.4 Å². The Morgan fingerprint density at radius 3 is 2.86 bits per heavy atom. The lowest BCUT2D eigenvalue weighted by Gasteiger charge is -2.13. The zero-order chi connectivity index (χ0) is 20.6. The number of H-pyrrole nitrogens is 1. The molecule has 1 heterocycles. The highest BCUT2D eigenvalue weighted by molar-refractivity contribution is 6.30. The number of ether oxygens (including phenoxy) is 2. The van der Waals surface area contributed by atoms with Gasteiger partial charge >= 0.3 is 5.69 Å². The molecule has 2 aromatic carbocycles. The number of anilines is 1. The lowest BCUT2D eigenvalue weighted by atomic mass is 10.2. The monoisotopic (exact) mass is 413 g/mol. The third-order valence-corrected chi connectivity index (χ3v) is 4.05. The van der Waals surface area contributed by atoms with E-state index in [1.807, 2.05) is 49.4 Å². The maximum atomic E-state index is 11.3. The van der Waals surface area contributed by atoms with Crippen molar-refractivity contribution in [1.82, 2.24) is 15.2 Å². The first-order valence-electron chi connectivity index (χ1n) is 8.91. The molecule has 0 amide bonds. The third kappa shape index (κ3) is 5.79. The van der Waals surface area contributed by atoms with E-state index in [1.165, 1.54) is 0 Å². The molecule has 0 atom stereocenters. The molecule has 2 N–H and O–H groups in total. The second kappa shape index (κ2) is 9.70. The molecule has 0 aliphatic heterocycles. The van der Waals surface area contributed by atoms with Gasteiger partial charge in [0.15, 0.2) is 17.3 Å². The van der Waals surface area contributed by atoms with Crippen molar-refractivity contribution in [3.8, 4) is 11.5 Å². The van der Waals surface area contributed by atoms with E-state index in [0.717, 1.165) is 11.1 Å². The van der Waals surface area contributed by atoms with E-state index < -0.39 is 5.69 Å². The first-order chi connectivity index (χ1) is 14.0. The van der Waals surface area contributed by atoms with Crippen LogP contribution in [0.1, 0.15) is 23.7 Å². The van der Waals surface area contributed by atoms with Crippen LogP contribution in [0.2, 0.25) is 5.02 Å². The van der Waals surface area contributed by atoms with Crippen LogP contribution < -0.4 is 20.6 Å². The highest BCUT2D eigenvalue weighted by Crippen LogP contribution is 2.29. The number of hydrogen-bond donors (Lipinski definition) is 2. The highest BCUT2D eigenvalue weighted by Gasteiger charge is 2.07. The quantitative estimate of drug-likeness (QED) is 0.432. The first kappa shape index (κ1) is 20.3. The van der Waals surface area contributed by atoms with E-state index in [9.17, 15) is 4.79 Å². The number of rotatable bonds is 8. The van der Waals surface area contributed by atoms with Crippen molar-refractivity contribution < 1.29 is 9.47 Å². The van der Waals surface area contributed by atoms with E-state index in [1.54, 1.807) is 13.1 Å². The summed E-state index contributed by atoms with van der Waals surface area (Å²) in [5.74, 6) is 1.51. The fourth-order valence-electron chi connectivity index (χ4n) is 2.45. The van der Waals surface area contributed by atoms with Gasteiger partial charge in [0.05, 0.1) is 12.8 Å². The number of aromatic amines is 1. The van der Waals surface area contributed by atoms with Gasteiger partial charge in [-0.2, -0.15) is 15.2 Å². The predicted octanol–water partition coefficient (Wildman–Crippen LogP) is 3.55. The van der Waals surface area contributed by atoms with Gasteiger partial charge < -0.3 is 9.47 Å². The van der Waals surface area contributed by atoms with Crippen molar-refractivity contribution in [2.45, 2.75) is 20.5 Å². The van der Waals surface area contributed by atoms with Crippen LogP contribution in [-0.4, -0.2) is 28.0 Å². The summed E-state index contributed by atoms with van der Waals surface area (Å²) in [4.78, 5) is 15.0. The molecular weight excluding hydrogens is 394 g/mol. The average molecular weight is 414 g/mol. The summed E-state index contributed by atoms with van der Waals surface area (Å²) in [5, 5.41) is 10.8. The molecule has 0 saturated heterocycles. The average Bonchev–Trinajstić information content (AvgIpc) is 2.70. The molecule has 0 unspecified atom stereocenters. The van der Waals surface area contributed by atoms with Crippen molar-refractivity contribution in [3.63, 3.8) is 0 Å². The highest BCUT2D eigenvalue weighted by atomic mass is 35.5. The summed E-state index contributed by atoms with van der Waals surface area (Å²) in [6, 6.07) is 13.0. The van der Waals surface area contributed by atoms with Gasteiger partial charge in [-0.05, 0) is 55.3 Å². The molecule has 0 aliphatic rings. The van der Waals surface area contributed by atoms with E-state index in [2.05, 4.69) is 25.7 Å². The van der Waals surface area contributed by atoms with Gasteiger partial charge in [-0.3, -0.25) is 5.43 Å². The molecule has 0 fully saturated rings. The summed E-state index contributed by atoms with van der Waals surface area (Å²) >= 11 is 6.01. The number of nitrogens with one attached hydrogen (secondary N) is 2. The van der Waals surface area contributed by atoms with Crippen molar-refractivity contribution in [2.75, 3.05) is 12.0 Å². The predicted molar refractivity (Wildman–Crippen MR) is 112 cm³/mol. The van der Waals surface area contributed by atoms with Crippen molar-refractivity contribution in [3.05, 3.63) is 74.8 Å². The van der Waals surface area contributed by atoms with Gasteiger partial charge in [0.2, 0.25) is 0 Å². The molecule has 3 aromatic rings. The minimum Gasteiger partial charge on any atom is -0.490 e. The summed E-state index contributed by atoms with van der Waals surface area (Å²) < 4.78 is 11.6. The minimum atomic E-state index is -0.548. The summed E-state index contributed by atoms with van der Waals surface area (Å²) in [5.41, 5.74) is 4.44. The lowest BCUT2D eigenvalue weighted by Crippen LogP contribution is -2.15. The number of hydrazone groups is 1. The maximum absolute atomic E-state index is 11.3. The van der Waals surface area contributed by atoms with Crippen LogP contribution in [0.4, 0.5) is 5.82 Å². The zero-order valence-corrected chi connectivity index (χ0v) is 16.7. The number of halogens is 1. The molecule has 8 nitrogen and oxygen atoms in total. The molecule has 0 radical (unpaired) electrons. The van der Waals surface area contributed by atoms with E-state index >= 15 is 0 Å². The largest absolute Gasteiger partial charge is 0.490 e. The standard InChI is InChI=1S/C20H20ClN5O3/c1-3-28-18-10-14(11-22-25-19-13(2)24-26-20(27)23-19)7-8-17(18)29-12-15-5-4-6-16(21)9-15/h4-11H,3,12H2,1-2H3,(H2,23,25,26,27). The topological polar surface area (TPSA) is 101 Å². The number of hydrogen-bond acceptors (Lipinski definition) is 7. The molecule has 1 aromatic heterocycles. The van der Waals surface area contributed by atoms with E-state index in [-0.39, 0.29) is 5.82 Å². The molecule has 0 spiro atoms. The van der Waals surface area contributed by atoms with Crippen LogP contribution in [0.25, 0.3) is 0 Å². The number of benzene rings is 2. The summed E-state index contributed by atoms with van der Waals surface area (Å²) in [6.45, 7) is 4.47. The van der Waals surface area contributed by atoms with Gasteiger partial charge in [-0.15, -0.1) is 0 Å². The van der Waals surface area contributed by atoms with E-state index in [4.69, 9.17) is 21.1 Å². The van der Waals surface area contributed by atoms with Crippen LogP contribution >= 0.6 is 11.6 Å². The van der Waals surface area contributed by atoms with Gasteiger partial charge in [-0.25, -0.2) is 9.89 Å². The molecule has 29 heavy (non-hydrogen) atoms. The molecule has 0 bridgehead atoms. The molecule has 0 aliphatic carbocycles. The maximum Gasteiger partial charge on any atom is 0.363 e. The third-order valence-electron chi connectivity index (χ3n) is 3.81. The van der Waals surface area contributed by atoms with Crippen LogP contribution in [0.15, 0.2) is 52.4 Å². The van der Waals surface area contributed by atoms with Crippen molar-refractivity contribution in [2.24, 2.45) is 5.10 Å². The lowest BCUT2D eigenvalue weighted by molar-refractivity contribution is 0.269. The number of aryl methyl sites for hydroxylation is 1. The summed E-state index contributed by atoms with van der Waals surface area (Å²) in [7, 11) is 0. The summed E-state index contributed by atoms with van der Waals surface area (Å²) in [6.07, 6.45) is 1.59. The Bertz CT molecular complexity index is 1070. The van der Waals surface area contributed by atoms with Crippen LogP contribution in [0, 0.1) is 6.92 Å². The SMILES string of the molecule is CCOc1cc(C=NNc2nc(=O)[nH]nc2C)ccc1OCc1cccc(Cl)c1. The fraction of sp³-hybridized carbons (Fsp3) is 0.200. The van der Waals surface area contributed by atoms with Crippen molar-refractivity contribution >= 4 is 23.6 Å². The van der Waals surface area contributed by atoms with Crippen LogP contribution in [0.5, 0.6) is 11.5 Å². The Morgan fingerprint density at radius 1 is 1.21 bits per heavy atom. The van der Waals surface area contributed by atoms with Gasteiger partial charge in [0.1, 0.15) is 12.3 Å². The van der Waals surface area contributed by atoms with Gasteiger partial charge in [0, 0.05) is 5.02 Å². The normalized spacial score (nSPS) is 10.9. The molecule has 9 heteroatoms. The zero-order valence-electron chi connectivity index (χ0n) is 16.0. The minimum absolute atomic E-state index is 0.288. The Kier molecular flexibility index (Phi) is 6.80. The molecular formula is C20H20ClN5O3. The number of aromatic nitrogens is 3. The van der Waals surface area contributed by atoms with Crippen LogP contribution in [-0.2, 0) is 6.61 Å². The smallest absolute Gasteiger partial charge is 0.363 e. The molecule has 150 valence electrons. The van der Waals surface area contributed by atoms with Gasteiger partial charge in [-0.1, -0.05) is 23.7 Å². The Hall–Kier alpha value is -3.39. The first-order valence-corrected chi connectivity index (χ1v) is 9.29. The Labute approximate surface area is 172 Å². The van der Waals surface area contributed by atoms with Crippen molar-refractivity contribution in [1.29, 1.82) is 0 Å². The second-order valence-electron chi connectivity index (χ2n) is 6.00. The Morgan fingerprint density at radius 2 is 2.07 bits per heavy atom. The molecule has 3 rings (SSSR count). The fourth-order valence-corrected chi connectivity index (χ4v) is 2.66. The Balaban J connectivity index is 1.71. The van der Waals surface area contributed by atoms with Gasteiger partial charge in [0.25, 0.3) is 0 Å².